The number of nitrogens with one attached hydrogen (secondary N) is 1. The third-order valence-electron chi connectivity index (χ3n) is 5.79. The number of aryl methyl sites for hydroxylation is 2. The molecule has 2 rings (SSSR count). The van der Waals surface area contributed by atoms with E-state index < -0.39 is 16.1 Å². The van der Waals surface area contributed by atoms with E-state index in [4.69, 9.17) is 23.2 Å². The SMILES string of the molecule is CCNC(=O)[C@H](C)N(Cc1ccc(Cl)c(Cl)c1)C(=O)CCCN(c1ccc(C)c(C)c1)S(C)(=O)=O. The van der Waals surface area contributed by atoms with Crippen LogP contribution in [0.3, 0.4) is 0 Å². The van der Waals surface area contributed by atoms with Gasteiger partial charge in [-0.05, 0) is 75.1 Å². The number of carbonyl (C=O) groups is 2. The van der Waals surface area contributed by atoms with Gasteiger partial charge < -0.3 is 10.2 Å². The molecular formula is C25H33Cl2N3O4S. The number of sulfonamides is 1. The van der Waals surface area contributed by atoms with Gasteiger partial charge in [-0.15, -0.1) is 0 Å². The number of rotatable bonds is 11. The molecule has 0 saturated heterocycles. The number of benzene rings is 2. The second kappa shape index (κ2) is 12.6. The van der Waals surface area contributed by atoms with Gasteiger partial charge in [-0.1, -0.05) is 35.3 Å². The number of anilines is 1. The maximum absolute atomic E-state index is 13.2. The molecule has 2 aromatic carbocycles. The predicted octanol–water partition coefficient (Wildman–Crippen LogP) is 4.71. The number of nitrogens with zero attached hydrogens (tertiary/aromatic N) is 2. The van der Waals surface area contributed by atoms with E-state index in [2.05, 4.69) is 5.32 Å². The molecule has 0 heterocycles. The van der Waals surface area contributed by atoms with Crippen LogP contribution in [0.5, 0.6) is 0 Å². The molecule has 0 aliphatic rings. The van der Waals surface area contributed by atoms with Crippen LogP contribution in [-0.2, 0) is 26.2 Å². The first-order chi connectivity index (χ1) is 16.3. The summed E-state index contributed by atoms with van der Waals surface area (Å²) in [5.41, 5.74) is 3.34. The van der Waals surface area contributed by atoms with Gasteiger partial charge in [0.1, 0.15) is 6.04 Å². The second-order valence-electron chi connectivity index (χ2n) is 8.55. The normalized spacial score (nSPS) is 12.2. The van der Waals surface area contributed by atoms with Gasteiger partial charge in [0.15, 0.2) is 0 Å². The molecule has 0 aliphatic carbocycles. The standard InChI is InChI=1S/C25H33Cl2N3O4S/c1-6-28-25(32)19(4)29(16-20-10-12-22(26)23(27)15-20)24(31)8-7-13-30(35(5,33)34)21-11-9-17(2)18(3)14-21/h9-12,14-15,19H,6-8,13,16H2,1-5H3,(H,28,32)/t19-/m0/s1. The summed E-state index contributed by atoms with van der Waals surface area (Å²) in [5.74, 6) is -0.530. The Kier molecular flexibility index (Phi) is 10.4. The van der Waals surface area contributed by atoms with Crippen LogP contribution in [0.1, 0.15) is 43.4 Å². The van der Waals surface area contributed by atoms with Crippen molar-refractivity contribution in [3.05, 3.63) is 63.1 Å². The Labute approximate surface area is 218 Å². The Hall–Kier alpha value is -2.29. The molecule has 1 atom stereocenters. The van der Waals surface area contributed by atoms with Crippen molar-refractivity contribution in [3.8, 4) is 0 Å². The summed E-state index contributed by atoms with van der Waals surface area (Å²) in [6.07, 6.45) is 1.51. The number of halogens is 2. The predicted molar refractivity (Wildman–Crippen MR) is 142 cm³/mol. The average Bonchev–Trinajstić information content (AvgIpc) is 2.78. The fourth-order valence-corrected chi connectivity index (χ4v) is 4.90. The van der Waals surface area contributed by atoms with E-state index in [1.807, 2.05) is 32.9 Å². The Morgan fingerprint density at radius 2 is 1.71 bits per heavy atom. The fraction of sp³-hybridized carbons (Fsp3) is 0.440. The molecule has 0 bridgehead atoms. The minimum atomic E-state index is -3.54. The molecule has 35 heavy (non-hydrogen) atoms. The summed E-state index contributed by atoms with van der Waals surface area (Å²) < 4.78 is 26.2. The van der Waals surface area contributed by atoms with Crippen molar-refractivity contribution in [2.75, 3.05) is 23.7 Å². The zero-order valence-corrected chi connectivity index (χ0v) is 23.1. The Morgan fingerprint density at radius 3 is 2.29 bits per heavy atom. The van der Waals surface area contributed by atoms with Crippen molar-refractivity contribution in [3.63, 3.8) is 0 Å². The highest BCUT2D eigenvalue weighted by Crippen LogP contribution is 2.25. The largest absolute Gasteiger partial charge is 0.355 e. The van der Waals surface area contributed by atoms with Crippen molar-refractivity contribution in [2.45, 2.75) is 53.1 Å². The van der Waals surface area contributed by atoms with Crippen molar-refractivity contribution >= 4 is 50.7 Å². The van der Waals surface area contributed by atoms with Crippen LogP contribution in [0, 0.1) is 13.8 Å². The zero-order valence-electron chi connectivity index (χ0n) is 20.8. The minimum Gasteiger partial charge on any atom is -0.355 e. The molecule has 0 radical (unpaired) electrons. The number of amides is 2. The van der Waals surface area contributed by atoms with E-state index in [1.165, 1.54) is 9.21 Å². The maximum atomic E-state index is 13.2. The minimum absolute atomic E-state index is 0.0714. The molecule has 2 aromatic rings. The van der Waals surface area contributed by atoms with Crippen LogP contribution in [0.25, 0.3) is 0 Å². The summed E-state index contributed by atoms with van der Waals surface area (Å²) in [6, 6.07) is 9.81. The van der Waals surface area contributed by atoms with Crippen molar-refractivity contribution in [2.24, 2.45) is 0 Å². The van der Waals surface area contributed by atoms with Gasteiger partial charge in [0, 0.05) is 26.1 Å². The quantitative estimate of drug-likeness (QED) is 0.446. The number of hydrogen-bond donors (Lipinski definition) is 1. The molecule has 1 N–H and O–H groups in total. The zero-order chi connectivity index (χ0) is 26.3. The van der Waals surface area contributed by atoms with E-state index in [-0.39, 0.29) is 31.3 Å². The van der Waals surface area contributed by atoms with Crippen LogP contribution >= 0.6 is 23.2 Å². The molecule has 0 spiro atoms. The molecular weight excluding hydrogens is 509 g/mol. The van der Waals surface area contributed by atoms with E-state index in [0.29, 0.717) is 28.7 Å². The molecule has 0 unspecified atom stereocenters. The van der Waals surface area contributed by atoms with Crippen molar-refractivity contribution < 1.29 is 18.0 Å². The third-order valence-corrected chi connectivity index (χ3v) is 7.72. The van der Waals surface area contributed by atoms with Gasteiger partial charge in [-0.25, -0.2) is 8.42 Å². The van der Waals surface area contributed by atoms with Gasteiger partial charge in [0.25, 0.3) is 0 Å². The van der Waals surface area contributed by atoms with Crippen LogP contribution in [0.15, 0.2) is 36.4 Å². The Bertz CT molecular complexity index is 1170. The van der Waals surface area contributed by atoms with E-state index in [0.717, 1.165) is 22.9 Å². The lowest BCUT2D eigenvalue weighted by molar-refractivity contribution is -0.140. The topological polar surface area (TPSA) is 86.8 Å². The summed E-state index contributed by atoms with van der Waals surface area (Å²) in [7, 11) is -3.54. The molecule has 0 aliphatic heterocycles. The highest BCUT2D eigenvalue weighted by Gasteiger charge is 2.26. The Balaban J connectivity index is 2.19. The number of likely N-dealkylation sites (N-methyl/N-ethyl adjacent to an activating group) is 1. The Morgan fingerprint density at radius 1 is 1.03 bits per heavy atom. The fourth-order valence-electron chi connectivity index (χ4n) is 3.62. The third kappa shape index (κ3) is 8.12. The monoisotopic (exact) mass is 541 g/mol. The van der Waals surface area contributed by atoms with E-state index in [9.17, 15) is 18.0 Å². The van der Waals surface area contributed by atoms with Gasteiger partial charge in [-0.2, -0.15) is 0 Å². The van der Waals surface area contributed by atoms with Gasteiger partial charge in [0.05, 0.1) is 22.0 Å². The van der Waals surface area contributed by atoms with Gasteiger partial charge >= 0.3 is 0 Å². The summed E-state index contributed by atoms with van der Waals surface area (Å²) in [6.45, 7) is 8.11. The first kappa shape index (κ1) is 28.9. The van der Waals surface area contributed by atoms with Crippen molar-refractivity contribution in [1.82, 2.24) is 10.2 Å². The summed E-state index contributed by atoms with van der Waals surface area (Å²) in [5, 5.41) is 3.51. The van der Waals surface area contributed by atoms with Gasteiger partial charge in [0.2, 0.25) is 21.8 Å². The summed E-state index contributed by atoms with van der Waals surface area (Å²) >= 11 is 12.1. The lowest BCUT2D eigenvalue weighted by Gasteiger charge is -2.29. The smallest absolute Gasteiger partial charge is 0.242 e. The first-order valence-electron chi connectivity index (χ1n) is 11.4. The number of carbonyl (C=O) groups excluding carboxylic acids is 2. The molecule has 0 fully saturated rings. The van der Waals surface area contributed by atoms with Crippen LogP contribution in [0.2, 0.25) is 10.0 Å². The maximum Gasteiger partial charge on any atom is 0.242 e. The molecule has 0 aromatic heterocycles. The molecule has 10 heteroatoms. The van der Waals surface area contributed by atoms with Crippen LogP contribution < -0.4 is 9.62 Å². The molecule has 192 valence electrons. The van der Waals surface area contributed by atoms with Gasteiger partial charge in [-0.3, -0.25) is 13.9 Å². The first-order valence-corrected chi connectivity index (χ1v) is 14.0. The average molecular weight is 543 g/mol. The van der Waals surface area contributed by atoms with E-state index >= 15 is 0 Å². The lowest BCUT2D eigenvalue weighted by Crippen LogP contribution is -2.47. The molecule has 7 nitrogen and oxygen atoms in total. The van der Waals surface area contributed by atoms with E-state index in [1.54, 1.807) is 31.2 Å². The van der Waals surface area contributed by atoms with Crippen molar-refractivity contribution in [1.29, 1.82) is 0 Å². The lowest BCUT2D eigenvalue weighted by atomic mass is 10.1. The van der Waals surface area contributed by atoms with Crippen LogP contribution in [-0.4, -0.2) is 50.5 Å². The summed E-state index contributed by atoms with van der Waals surface area (Å²) in [4.78, 5) is 27.2. The highest BCUT2D eigenvalue weighted by atomic mass is 35.5. The highest BCUT2D eigenvalue weighted by molar-refractivity contribution is 7.92. The second-order valence-corrected chi connectivity index (χ2v) is 11.3. The number of hydrogen-bond acceptors (Lipinski definition) is 4. The molecule has 2 amide bonds. The molecule has 0 saturated carbocycles. The van der Waals surface area contributed by atoms with Crippen LogP contribution in [0.4, 0.5) is 5.69 Å².